The molecule has 2 rings (SSSR count). The predicted octanol–water partition coefficient (Wildman–Crippen LogP) is 4.07. The molecule has 7 heteroatoms. The Morgan fingerprint density at radius 2 is 1.77 bits per heavy atom. The highest BCUT2D eigenvalue weighted by Gasteiger charge is 2.19. The van der Waals surface area contributed by atoms with Crippen LogP contribution >= 0.6 is 11.6 Å². The number of rotatable bonds is 5. The molecule has 0 spiro atoms. The molecule has 22 heavy (non-hydrogen) atoms. The summed E-state index contributed by atoms with van der Waals surface area (Å²) < 4.78 is 45.8. The molecule has 0 saturated carbocycles. The van der Waals surface area contributed by atoms with E-state index in [4.69, 9.17) is 16.3 Å². The van der Waals surface area contributed by atoms with Crippen LogP contribution in [0.5, 0.6) is 5.75 Å². The van der Waals surface area contributed by atoms with E-state index < -0.39 is 20.7 Å². The fraction of sp³-hybridized carbons (Fsp3) is 0.200. The van der Waals surface area contributed by atoms with E-state index in [1.165, 1.54) is 6.07 Å². The summed E-state index contributed by atoms with van der Waals surface area (Å²) >= 11 is 5.62. The fourth-order valence-corrected chi connectivity index (χ4v) is 3.05. The van der Waals surface area contributed by atoms with Crippen LogP contribution in [0.1, 0.15) is 13.8 Å². The van der Waals surface area contributed by atoms with Gasteiger partial charge >= 0.3 is 0 Å². The Morgan fingerprint density at radius 1 is 1.14 bits per heavy atom. The maximum atomic E-state index is 13.7. The van der Waals surface area contributed by atoms with Crippen LogP contribution in [0.25, 0.3) is 0 Å². The van der Waals surface area contributed by atoms with Crippen LogP contribution in [-0.2, 0) is 10.0 Å². The van der Waals surface area contributed by atoms with Gasteiger partial charge in [0.05, 0.1) is 6.10 Å². The smallest absolute Gasteiger partial charge is 0.264 e. The lowest BCUT2D eigenvalue weighted by Gasteiger charge is -2.12. The lowest BCUT2D eigenvalue weighted by atomic mass is 10.3. The van der Waals surface area contributed by atoms with Crippen molar-refractivity contribution in [1.29, 1.82) is 0 Å². The first kappa shape index (κ1) is 16.6. The Balaban J connectivity index is 2.21. The maximum absolute atomic E-state index is 13.7. The molecule has 0 unspecified atom stereocenters. The van der Waals surface area contributed by atoms with Gasteiger partial charge in [-0.25, -0.2) is 12.8 Å². The van der Waals surface area contributed by atoms with E-state index in [0.29, 0.717) is 11.4 Å². The van der Waals surface area contributed by atoms with E-state index in [9.17, 15) is 12.8 Å². The lowest BCUT2D eigenvalue weighted by Crippen LogP contribution is -2.14. The molecule has 0 aromatic heterocycles. The van der Waals surface area contributed by atoms with Crippen molar-refractivity contribution in [3.05, 3.63) is 53.3 Å². The predicted molar refractivity (Wildman–Crippen MR) is 84.4 cm³/mol. The standard InChI is InChI=1S/C15H15ClFNO3S/c1-10(2)21-13-6-4-12(5-7-13)18-22(19,20)15-8-3-11(16)9-14(15)17/h3-10,18H,1-2H3. The molecule has 1 N–H and O–H groups in total. The Labute approximate surface area is 133 Å². The summed E-state index contributed by atoms with van der Waals surface area (Å²) in [7, 11) is -4.02. The van der Waals surface area contributed by atoms with Gasteiger partial charge in [-0.05, 0) is 56.3 Å². The third kappa shape index (κ3) is 4.11. The number of halogens is 2. The van der Waals surface area contributed by atoms with Gasteiger partial charge in [-0.15, -0.1) is 0 Å². The molecule has 0 amide bonds. The third-order valence-electron chi connectivity index (χ3n) is 2.66. The van der Waals surface area contributed by atoms with E-state index in [1.807, 2.05) is 13.8 Å². The molecule has 0 aliphatic rings. The normalized spacial score (nSPS) is 11.5. The van der Waals surface area contributed by atoms with E-state index in [1.54, 1.807) is 24.3 Å². The largest absolute Gasteiger partial charge is 0.491 e. The molecule has 0 atom stereocenters. The van der Waals surface area contributed by atoms with Crippen molar-refractivity contribution in [2.24, 2.45) is 0 Å². The fourth-order valence-electron chi connectivity index (χ4n) is 1.78. The Kier molecular flexibility index (Phi) is 4.93. The van der Waals surface area contributed by atoms with Crippen LogP contribution in [0, 0.1) is 5.82 Å². The van der Waals surface area contributed by atoms with E-state index in [-0.39, 0.29) is 11.1 Å². The Hall–Kier alpha value is -1.79. The van der Waals surface area contributed by atoms with Crippen LogP contribution in [0.4, 0.5) is 10.1 Å². The van der Waals surface area contributed by atoms with Gasteiger partial charge in [0, 0.05) is 10.7 Å². The number of anilines is 1. The highest BCUT2D eigenvalue weighted by molar-refractivity contribution is 7.92. The summed E-state index contributed by atoms with van der Waals surface area (Å²) in [6.45, 7) is 3.78. The summed E-state index contributed by atoms with van der Waals surface area (Å²) in [5.74, 6) is -0.282. The van der Waals surface area contributed by atoms with Gasteiger partial charge in [0.25, 0.3) is 10.0 Å². The second-order valence-corrected chi connectivity index (χ2v) is 6.96. The molecule has 0 aliphatic heterocycles. The maximum Gasteiger partial charge on any atom is 0.264 e. The third-order valence-corrected chi connectivity index (χ3v) is 4.31. The molecule has 118 valence electrons. The van der Waals surface area contributed by atoms with Crippen LogP contribution in [0.2, 0.25) is 5.02 Å². The minimum atomic E-state index is -4.02. The van der Waals surface area contributed by atoms with Crippen molar-refractivity contribution in [2.75, 3.05) is 4.72 Å². The highest BCUT2D eigenvalue weighted by Crippen LogP contribution is 2.23. The van der Waals surface area contributed by atoms with Crippen molar-refractivity contribution in [2.45, 2.75) is 24.8 Å². The van der Waals surface area contributed by atoms with Crippen LogP contribution in [0.15, 0.2) is 47.4 Å². The zero-order valence-electron chi connectivity index (χ0n) is 12.0. The van der Waals surface area contributed by atoms with Crippen molar-refractivity contribution in [1.82, 2.24) is 0 Å². The first-order valence-electron chi connectivity index (χ1n) is 6.52. The second kappa shape index (κ2) is 6.54. The van der Waals surface area contributed by atoms with Crippen molar-refractivity contribution in [3.63, 3.8) is 0 Å². The molecule has 0 bridgehead atoms. The van der Waals surface area contributed by atoms with Crippen molar-refractivity contribution < 1.29 is 17.5 Å². The second-order valence-electron chi connectivity index (χ2n) is 4.87. The molecule has 0 radical (unpaired) electrons. The van der Waals surface area contributed by atoms with Crippen molar-refractivity contribution >= 4 is 27.3 Å². The molecule has 0 saturated heterocycles. The van der Waals surface area contributed by atoms with Gasteiger partial charge < -0.3 is 4.74 Å². The average Bonchev–Trinajstić information content (AvgIpc) is 2.39. The lowest BCUT2D eigenvalue weighted by molar-refractivity contribution is 0.242. The van der Waals surface area contributed by atoms with Gasteiger partial charge in [-0.1, -0.05) is 11.6 Å². The summed E-state index contributed by atoms with van der Waals surface area (Å²) in [5.41, 5.74) is 0.311. The molecule has 0 aliphatic carbocycles. The minimum Gasteiger partial charge on any atom is -0.491 e. The zero-order chi connectivity index (χ0) is 16.3. The monoisotopic (exact) mass is 343 g/mol. The van der Waals surface area contributed by atoms with Crippen LogP contribution < -0.4 is 9.46 Å². The molecular weight excluding hydrogens is 329 g/mol. The molecule has 2 aromatic rings. The first-order chi connectivity index (χ1) is 10.3. The molecule has 4 nitrogen and oxygen atoms in total. The Morgan fingerprint density at radius 3 is 2.32 bits per heavy atom. The number of hydrogen-bond donors (Lipinski definition) is 1. The topological polar surface area (TPSA) is 55.4 Å². The minimum absolute atomic E-state index is 0.0192. The van der Waals surface area contributed by atoms with Crippen LogP contribution in [0.3, 0.4) is 0 Å². The average molecular weight is 344 g/mol. The molecule has 0 fully saturated rings. The van der Waals surface area contributed by atoms with Crippen molar-refractivity contribution in [3.8, 4) is 5.75 Å². The van der Waals surface area contributed by atoms with Gasteiger partial charge in [-0.2, -0.15) is 0 Å². The quantitative estimate of drug-likeness (QED) is 0.890. The van der Waals surface area contributed by atoms with Gasteiger partial charge in [0.2, 0.25) is 0 Å². The Bertz CT molecular complexity index is 761. The van der Waals surface area contributed by atoms with Gasteiger partial charge in [0.1, 0.15) is 16.5 Å². The summed E-state index contributed by atoms with van der Waals surface area (Å²) in [4.78, 5) is -0.459. The molecular formula is C15H15ClFNO3S. The number of nitrogens with one attached hydrogen (secondary N) is 1. The number of hydrogen-bond acceptors (Lipinski definition) is 3. The number of ether oxygens (including phenoxy) is 1. The molecule has 2 aromatic carbocycles. The van der Waals surface area contributed by atoms with E-state index in [0.717, 1.165) is 12.1 Å². The van der Waals surface area contributed by atoms with Gasteiger partial charge in [-0.3, -0.25) is 4.72 Å². The number of sulfonamides is 1. The van der Waals surface area contributed by atoms with Gasteiger partial charge in [0.15, 0.2) is 0 Å². The number of benzene rings is 2. The first-order valence-corrected chi connectivity index (χ1v) is 8.38. The zero-order valence-corrected chi connectivity index (χ0v) is 13.6. The highest BCUT2D eigenvalue weighted by atomic mass is 35.5. The summed E-state index contributed by atoms with van der Waals surface area (Å²) in [5, 5.41) is 0.131. The van der Waals surface area contributed by atoms with Crippen LogP contribution in [-0.4, -0.2) is 14.5 Å². The summed E-state index contributed by atoms with van der Waals surface area (Å²) in [6, 6.07) is 9.75. The summed E-state index contributed by atoms with van der Waals surface area (Å²) in [6.07, 6.45) is 0.0192. The van der Waals surface area contributed by atoms with E-state index >= 15 is 0 Å². The van der Waals surface area contributed by atoms with E-state index in [2.05, 4.69) is 4.72 Å². The molecule has 0 heterocycles. The SMILES string of the molecule is CC(C)Oc1ccc(NS(=O)(=O)c2ccc(Cl)cc2F)cc1.